The topological polar surface area (TPSA) is 72.9 Å². The number of nitrogens with two attached hydrogens (primary N) is 1. The molecule has 2 heterocycles. The van der Waals surface area contributed by atoms with E-state index in [0.717, 1.165) is 0 Å². The number of carbonyl (C=O) groups is 1. The average molecular weight is 264 g/mol. The summed E-state index contributed by atoms with van der Waals surface area (Å²) in [4.78, 5) is 14.1. The van der Waals surface area contributed by atoms with Crippen LogP contribution in [0.25, 0.3) is 0 Å². The number of nitrogens with one attached hydrogen (secondary N) is 1. The van der Waals surface area contributed by atoms with Crippen LogP contribution in [0.3, 0.4) is 0 Å². The maximum Gasteiger partial charge on any atom is 0.242 e. The highest BCUT2D eigenvalue weighted by Gasteiger charge is 2.06. The molecule has 18 heavy (non-hydrogen) atoms. The lowest BCUT2D eigenvalue weighted by Crippen LogP contribution is -2.27. The quantitative estimate of drug-likeness (QED) is 0.878. The van der Waals surface area contributed by atoms with Crippen molar-refractivity contribution in [1.82, 2.24) is 15.1 Å². The molecule has 0 aromatic carbocycles. The van der Waals surface area contributed by atoms with Crippen LogP contribution in [0.4, 0.5) is 5.82 Å². The minimum Gasteiger partial charge on any atom is -0.382 e. The molecule has 0 aliphatic heterocycles. The van der Waals surface area contributed by atoms with Crippen LogP contribution < -0.4 is 11.1 Å². The maximum absolute atomic E-state index is 11.7. The number of carbonyl (C=O) groups excluding carboxylic acids is 1. The lowest BCUT2D eigenvalue weighted by atomic mass is 10.3. The van der Waals surface area contributed by atoms with Crippen LogP contribution in [0.2, 0.25) is 0 Å². The Hall–Kier alpha value is -1.82. The zero-order valence-corrected chi connectivity index (χ0v) is 11.3. The predicted molar refractivity (Wildman–Crippen MR) is 72.3 cm³/mol. The van der Waals surface area contributed by atoms with Gasteiger partial charge < -0.3 is 11.1 Å². The molecular formula is C12H16N4OS. The molecule has 1 amide bonds. The van der Waals surface area contributed by atoms with Crippen molar-refractivity contribution in [3.8, 4) is 0 Å². The van der Waals surface area contributed by atoms with Crippen LogP contribution >= 0.6 is 11.3 Å². The van der Waals surface area contributed by atoms with Gasteiger partial charge in [-0.05, 0) is 31.5 Å². The Labute approximate surface area is 110 Å². The van der Waals surface area contributed by atoms with E-state index < -0.39 is 0 Å². The van der Waals surface area contributed by atoms with Crippen molar-refractivity contribution in [2.75, 3.05) is 5.73 Å². The monoisotopic (exact) mass is 264 g/mol. The van der Waals surface area contributed by atoms with Crippen LogP contribution in [0.5, 0.6) is 0 Å². The van der Waals surface area contributed by atoms with Crippen LogP contribution in [0, 0.1) is 13.8 Å². The van der Waals surface area contributed by atoms with Gasteiger partial charge in [-0.15, -0.1) is 11.3 Å². The lowest BCUT2D eigenvalue weighted by molar-refractivity contribution is -0.122. The number of rotatable bonds is 4. The van der Waals surface area contributed by atoms with E-state index in [1.165, 1.54) is 20.0 Å². The molecule has 0 unspecified atom stereocenters. The second-order valence-corrected chi connectivity index (χ2v) is 5.51. The van der Waals surface area contributed by atoms with Crippen LogP contribution in [0.15, 0.2) is 18.3 Å². The summed E-state index contributed by atoms with van der Waals surface area (Å²) in [6.07, 6.45) is 1.69. The average Bonchev–Trinajstić information content (AvgIpc) is 2.84. The predicted octanol–water partition coefficient (Wildman–Crippen LogP) is 1.46. The van der Waals surface area contributed by atoms with Gasteiger partial charge in [-0.3, -0.25) is 9.48 Å². The maximum atomic E-state index is 11.7. The first-order valence-corrected chi connectivity index (χ1v) is 6.48. The summed E-state index contributed by atoms with van der Waals surface area (Å²) >= 11 is 1.71. The molecule has 0 aliphatic rings. The number of hydrogen-bond acceptors (Lipinski definition) is 4. The lowest BCUT2D eigenvalue weighted by Gasteiger charge is -2.03. The standard InChI is InChI=1S/C12H16N4OS/c1-8-5-10(18-9(8)2)6-14-12(17)7-16-4-3-11(13)15-16/h3-5H,6-7H2,1-2H3,(H2,13,15)(H,14,17). The SMILES string of the molecule is Cc1cc(CNC(=O)Cn2ccc(N)n2)sc1C. The van der Waals surface area contributed by atoms with Crippen LogP contribution in [0.1, 0.15) is 15.3 Å². The Balaban J connectivity index is 1.85. The van der Waals surface area contributed by atoms with Gasteiger partial charge in [0.15, 0.2) is 0 Å². The minimum atomic E-state index is -0.0678. The Morgan fingerprint density at radius 2 is 2.33 bits per heavy atom. The number of nitrogen functional groups attached to an aromatic ring is 1. The molecule has 0 fully saturated rings. The third kappa shape index (κ3) is 3.10. The van der Waals surface area contributed by atoms with Crippen LogP contribution in [-0.4, -0.2) is 15.7 Å². The molecule has 2 aromatic rings. The second-order valence-electron chi connectivity index (χ2n) is 4.17. The Kier molecular flexibility index (Phi) is 3.66. The number of thiophene rings is 1. The summed E-state index contributed by atoms with van der Waals surface area (Å²) in [6, 6.07) is 3.77. The highest BCUT2D eigenvalue weighted by molar-refractivity contribution is 7.12. The molecule has 2 rings (SSSR count). The first kappa shape index (κ1) is 12.6. The Bertz CT molecular complexity index is 539. The third-order valence-electron chi connectivity index (χ3n) is 2.64. The summed E-state index contributed by atoms with van der Waals surface area (Å²) in [5.74, 6) is 0.356. The van der Waals surface area contributed by atoms with Gasteiger partial charge in [0, 0.05) is 16.0 Å². The molecule has 0 spiro atoms. The Morgan fingerprint density at radius 3 is 2.89 bits per heavy atom. The fourth-order valence-electron chi connectivity index (χ4n) is 1.59. The third-order valence-corrected chi connectivity index (χ3v) is 3.80. The summed E-state index contributed by atoms with van der Waals surface area (Å²) in [6.45, 7) is 4.91. The smallest absolute Gasteiger partial charge is 0.242 e. The largest absolute Gasteiger partial charge is 0.382 e. The molecule has 0 radical (unpaired) electrons. The van der Waals surface area contributed by atoms with Crippen molar-refractivity contribution in [1.29, 1.82) is 0 Å². The fourth-order valence-corrected chi connectivity index (χ4v) is 2.58. The zero-order chi connectivity index (χ0) is 13.1. The zero-order valence-electron chi connectivity index (χ0n) is 10.4. The molecule has 0 bridgehead atoms. The molecule has 2 aromatic heterocycles. The highest BCUT2D eigenvalue weighted by atomic mass is 32.1. The van der Waals surface area contributed by atoms with Gasteiger partial charge in [0.05, 0.1) is 6.54 Å². The van der Waals surface area contributed by atoms with E-state index >= 15 is 0 Å². The van der Waals surface area contributed by atoms with E-state index in [9.17, 15) is 4.79 Å². The molecule has 0 atom stereocenters. The molecule has 6 heteroatoms. The molecular weight excluding hydrogens is 248 g/mol. The summed E-state index contributed by atoms with van der Waals surface area (Å²) < 4.78 is 1.52. The molecule has 0 saturated carbocycles. The number of aromatic nitrogens is 2. The van der Waals surface area contributed by atoms with E-state index in [1.54, 1.807) is 23.6 Å². The molecule has 96 valence electrons. The van der Waals surface area contributed by atoms with Gasteiger partial charge in [-0.25, -0.2) is 0 Å². The van der Waals surface area contributed by atoms with Gasteiger partial charge in [-0.2, -0.15) is 5.10 Å². The number of amides is 1. The highest BCUT2D eigenvalue weighted by Crippen LogP contribution is 2.20. The van der Waals surface area contributed by atoms with Crippen molar-refractivity contribution >= 4 is 23.1 Å². The molecule has 3 N–H and O–H groups in total. The van der Waals surface area contributed by atoms with Crippen molar-refractivity contribution in [3.63, 3.8) is 0 Å². The van der Waals surface area contributed by atoms with Crippen molar-refractivity contribution in [2.45, 2.75) is 26.9 Å². The summed E-state index contributed by atoms with van der Waals surface area (Å²) in [5.41, 5.74) is 6.74. The second kappa shape index (κ2) is 5.22. The molecule has 0 saturated heterocycles. The number of nitrogens with zero attached hydrogens (tertiary/aromatic N) is 2. The van der Waals surface area contributed by atoms with E-state index in [0.29, 0.717) is 12.4 Å². The van der Waals surface area contributed by atoms with Crippen LogP contribution in [-0.2, 0) is 17.9 Å². The minimum absolute atomic E-state index is 0.0678. The van der Waals surface area contributed by atoms with Crippen molar-refractivity contribution in [3.05, 3.63) is 33.6 Å². The first-order valence-electron chi connectivity index (χ1n) is 5.66. The normalized spacial score (nSPS) is 10.6. The fraction of sp³-hybridized carbons (Fsp3) is 0.333. The van der Waals surface area contributed by atoms with Gasteiger partial charge in [0.2, 0.25) is 5.91 Å². The Morgan fingerprint density at radius 1 is 1.56 bits per heavy atom. The van der Waals surface area contributed by atoms with Gasteiger partial charge in [0.25, 0.3) is 0 Å². The molecule has 0 aliphatic carbocycles. The van der Waals surface area contributed by atoms with E-state index in [1.807, 2.05) is 0 Å². The first-order chi connectivity index (χ1) is 8.54. The van der Waals surface area contributed by atoms with E-state index in [-0.39, 0.29) is 12.5 Å². The summed E-state index contributed by atoms with van der Waals surface area (Å²) in [5, 5.41) is 6.83. The van der Waals surface area contributed by atoms with Gasteiger partial charge >= 0.3 is 0 Å². The van der Waals surface area contributed by atoms with E-state index in [2.05, 4.69) is 30.3 Å². The van der Waals surface area contributed by atoms with Gasteiger partial charge in [-0.1, -0.05) is 0 Å². The van der Waals surface area contributed by atoms with Crippen molar-refractivity contribution < 1.29 is 4.79 Å². The number of hydrogen-bond donors (Lipinski definition) is 2. The van der Waals surface area contributed by atoms with Gasteiger partial charge in [0.1, 0.15) is 12.4 Å². The summed E-state index contributed by atoms with van der Waals surface area (Å²) in [7, 11) is 0. The van der Waals surface area contributed by atoms with Crippen molar-refractivity contribution in [2.24, 2.45) is 0 Å². The van der Waals surface area contributed by atoms with E-state index in [4.69, 9.17) is 5.73 Å². The molecule has 5 nitrogen and oxygen atoms in total. The number of anilines is 1. The number of aryl methyl sites for hydroxylation is 2.